The van der Waals surface area contributed by atoms with E-state index >= 15 is 0 Å². The Morgan fingerprint density at radius 2 is 1.55 bits per heavy atom. The van der Waals surface area contributed by atoms with Gasteiger partial charge in [0.1, 0.15) is 5.78 Å². The van der Waals surface area contributed by atoms with Crippen LogP contribution in [0.25, 0.3) is 0 Å². The summed E-state index contributed by atoms with van der Waals surface area (Å²) in [5.41, 5.74) is 0. The molecule has 0 aliphatic carbocycles. The summed E-state index contributed by atoms with van der Waals surface area (Å²) in [6.07, 6.45) is 7.38. The lowest BCUT2D eigenvalue weighted by Crippen LogP contribution is -2.42. The molecule has 4 heteroatoms. The van der Waals surface area contributed by atoms with Crippen molar-refractivity contribution >= 4 is 11.8 Å². The molecule has 0 rings (SSSR count). The van der Waals surface area contributed by atoms with Crippen LogP contribution in [-0.2, 0) is 9.59 Å². The van der Waals surface area contributed by atoms with Crippen molar-refractivity contribution in [3.05, 3.63) is 0 Å². The van der Waals surface area contributed by atoms with Crippen molar-refractivity contribution in [3.8, 4) is 0 Å². The van der Waals surface area contributed by atoms with Crippen LogP contribution < -0.4 is 0 Å². The zero-order valence-corrected chi connectivity index (χ0v) is 13.7. The van der Waals surface area contributed by atoms with Crippen LogP contribution in [0.15, 0.2) is 0 Å². The molecule has 0 bridgehead atoms. The molecule has 0 saturated heterocycles. The maximum atomic E-state index is 12.2. The third-order valence-electron chi connectivity index (χ3n) is 3.42. The van der Waals surface area contributed by atoms with Crippen molar-refractivity contribution in [1.82, 2.24) is 0 Å². The largest absolute Gasteiger partial charge is 0.481 e. The Morgan fingerprint density at radius 1 is 1.00 bits per heavy atom. The van der Waals surface area contributed by atoms with Crippen LogP contribution in [0.3, 0.4) is 0 Å². The lowest BCUT2D eigenvalue weighted by atomic mass is 9.94. The highest BCUT2D eigenvalue weighted by molar-refractivity contribution is 5.85. The van der Waals surface area contributed by atoms with Crippen LogP contribution in [0, 0.1) is 5.92 Å². The van der Waals surface area contributed by atoms with E-state index < -0.39 is 5.97 Å². The molecule has 4 nitrogen and oxygen atoms in total. The van der Waals surface area contributed by atoms with Gasteiger partial charge in [0.25, 0.3) is 0 Å². The van der Waals surface area contributed by atoms with Gasteiger partial charge in [-0.05, 0) is 6.42 Å². The van der Waals surface area contributed by atoms with Crippen LogP contribution in [0.5, 0.6) is 0 Å². The van der Waals surface area contributed by atoms with Crippen LogP contribution in [0.2, 0.25) is 0 Å². The number of carboxylic acids is 1. The van der Waals surface area contributed by atoms with Crippen molar-refractivity contribution < 1.29 is 19.2 Å². The van der Waals surface area contributed by atoms with Crippen molar-refractivity contribution in [1.29, 1.82) is 0 Å². The maximum Gasteiger partial charge on any atom is 0.304 e. The summed E-state index contributed by atoms with van der Waals surface area (Å²) in [5, 5.41) is 8.94. The highest BCUT2D eigenvalue weighted by Gasteiger charge is 2.26. The van der Waals surface area contributed by atoms with E-state index in [2.05, 4.69) is 6.92 Å². The zero-order chi connectivity index (χ0) is 15.6. The summed E-state index contributed by atoms with van der Waals surface area (Å²) in [6, 6.07) is 0. The number of ketones is 1. The van der Waals surface area contributed by atoms with Gasteiger partial charge in [-0.1, -0.05) is 39.0 Å². The number of nitrogens with zero attached hydrogens (tertiary/aromatic N) is 1. The van der Waals surface area contributed by atoms with E-state index in [4.69, 9.17) is 5.11 Å². The van der Waals surface area contributed by atoms with E-state index in [1.54, 1.807) is 0 Å². The molecule has 0 fully saturated rings. The van der Waals surface area contributed by atoms with E-state index in [1.807, 2.05) is 21.1 Å². The molecule has 0 aliphatic rings. The van der Waals surface area contributed by atoms with Crippen LogP contribution in [0.1, 0.15) is 58.3 Å². The second-order valence-corrected chi connectivity index (χ2v) is 6.75. The fraction of sp³-hybridized carbons (Fsp3) is 0.875. The number of quaternary nitrogens is 1. The molecule has 1 atom stereocenters. The molecule has 1 unspecified atom stereocenters. The third kappa shape index (κ3) is 11.0. The van der Waals surface area contributed by atoms with Crippen LogP contribution >= 0.6 is 0 Å². The predicted molar refractivity (Wildman–Crippen MR) is 81.6 cm³/mol. The molecule has 0 saturated carbocycles. The minimum Gasteiger partial charge on any atom is -0.481 e. The molecule has 1 N–H and O–H groups in total. The molecule has 0 amide bonds. The first-order valence-corrected chi connectivity index (χ1v) is 7.81. The van der Waals surface area contributed by atoms with Crippen LogP contribution in [-0.4, -0.2) is 49.0 Å². The number of Topliss-reactive ketones (excluding diaryl/α,β-unsaturated/α-hetero) is 1. The summed E-state index contributed by atoms with van der Waals surface area (Å²) >= 11 is 0. The van der Waals surface area contributed by atoms with Gasteiger partial charge in [-0.2, -0.15) is 0 Å². The molecule has 0 spiro atoms. The Balaban J connectivity index is 4.11. The average molecular weight is 286 g/mol. The lowest BCUT2D eigenvalue weighted by molar-refractivity contribution is -0.872. The average Bonchev–Trinajstić information content (AvgIpc) is 2.30. The van der Waals surface area contributed by atoms with E-state index in [0.717, 1.165) is 12.8 Å². The molecular weight excluding hydrogens is 254 g/mol. The molecule has 0 aromatic carbocycles. The lowest BCUT2D eigenvalue weighted by Gasteiger charge is -2.28. The molecule has 0 radical (unpaired) electrons. The predicted octanol–water partition coefficient (Wildman–Crippen LogP) is 3.10. The van der Waals surface area contributed by atoms with Gasteiger partial charge >= 0.3 is 5.97 Å². The normalized spacial score (nSPS) is 13.2. The van der Waals surface area contributed by atoms with Gasteiger partial charge in [-0.15, -0.1) is 0 Å². The fourth-order valence-electron chi connectivity index (χ4n) is 2.44. The Bertz CT molecular complexity index is 295. The van der Waals surface area contributed by atoms with E-state index in [0.29, 0.717) is 17.4 Å². The first-order chi connectivity index (χ1) is 9.26. The standard InChI is InChI=1S/C16H31NO3/c1-5-6-7-8-9-10-11-15(18)14(12-16(19)20)13-17(2,3)4/h14H,5-13H2,1-4H3/p+1. The Morgan fingerprint density at radius 3 is 2.05 bits per heavy atom. The number of hydrogen-bond acceptors (Lipinski definition) is 2. The Labute approximate surface area is 123 Å². The van der Waals surface area contributed by atoms with Crippen molar-refractivity contribution in [3.63, 3.8) is 0 Å². The fourth-order valence-corrected chi connectivity index (χ4v) is 2.44. The minimum atomic E-state index is -0.875. The second-order valence-electron chi connectivity index (χ2n) is 6.75. The molecule has 20 heavy (non-hydrogen) atoms. The zero-order valence-electron chi connectivity index (χ0n) is 13.7. The highest BCUT2D eigenvalue weighted by Crippen LogP contribution is 2.15. The summed E-state index contributed by atoms with van der Waals surface area (Å²) < 4.78 is 0.625. The molecule has 0 aromatic rings. The smallest absolute Gasteiger partial charge is 0.304 e. The van der Waals surface area contributed by atoms with Gasteiger partial charge in [-0.3, -0.25) is 9.59 Å². The SMILES string of the molecule is CCCCCCCCC(=O)C(CC(=O)O)C[N+](C)(C)C. The quantitative estimate of drug-likeness (QED) is 0.443. The number of carboxylic acid groups (broad SMARTS) is 1. The summed E-state index contributed by atoms with van der Waals surface area (Å²) in [6.45, 7) is 2.78. The molecule has 0 aromatic heterocycles. The molecular formula is C16H32NO3+. The van der Waals surface area contributed by atoms with Gasteiger partial charge in [-0.25, -0.2) is 0 Å². The van der Waals surface area contributed by atoms with Gasteiger partial charge < -0.3 is 9.59 Å². The molecule has 0 heterocycles. The van der Waals surface area contributed by atoms with E-state index in [1.165, 1.54) is 25.7 Å². The number of hydrogen-bond donors (Lipinski definition) is 1. The number of rotatable bonds is 12. The molecule has 0 aliphatic heterocycles. The topological polar surface area (TPSA) is 54.4 Å². The summed E-state index contributed by atoms with van der Waals surface area (Å²) in [7, 11) is 5.98. The molecule has 118 valence electrons. The van der Waals surface area contributed by atoms with E-state index in [-0.39, 0.29) is 18.1 Å². The van der Waals surface area contributed by atoms with Gasteiger partial charge in [0.05, 0.1) is 40.0 Å². The Kier molecular flexibility index (Phi) is 9.47. The first kappa shape index (κ1) is 19.1. The summed E-state index contributed by atoms with van der Waals surface area (Å²) in [4.78, 5) is 23.1. The minimum absolute atomic E-state index is 0.0375. The number of unbranched alkanes of at least 4 members (excludes halogenated alkanes) is 5. The maximum absolute atomic E-state index is 12.2. The number of aliphatic carboxylic acids is 1. The second kappa shape index (κ2) is 9.92. The van der Waals surface area contributed by atoms with Gasteiger partial charge in [0.15, 0.2) is 0 Å². The highest BCUT2D eigenvalue weighted by atomic mass is 16.4. The monoisotopic (exact) mass is 286 g/mol. The number of carbonyl (C=O) groups excluding carboxylic acids is 1. The van der Waals surface area contributed by atoms with Crippen LogP contribution in [0.4, 0.5) is 0 Å². The van der Waals surface area contributed by atoms with Crippen molar-refractivity contribution in [2.45, 2.75) is 58.3 Å². The van der Waals surface area contributed by atoms with E-state index in [9.17, 15) is 9.59 Å². The number of carbonyl (C=O) groups is 2. The first-order valence-electron chi connectivity index (χ1n) is 7.81. The van der Waals surface area contributed by atoms with Gasteiger partial charge in [0, 0.05) is 6.42 Å². The third-order valence-corrected chi connectivity index (χ3v) is 3.42. The summed E-state index contributed by atoms with van der Waals surface area (Å²) in [5.74, 6) is -1.10. The van der Waals surface area contributed by atoms with Gasteiger partial charge in [0.2, 0.25) is 0 Å². The Hall–Kier alpha value is -0.900. The van der Waals surface area contributed by atoms with Crippen molar-refractivity contribution in [2.75, 3.05) is 27.7 Å². The van der Waals surface area contributed by atoms with Crippen molar-refractivity contribution in [2.24, 2.45) is 5.92 Å².